The molecule has 38 heavy (non-hydrogen) atoms. The van der Waals surface area contributed by atoms with Gasteiger partial charge >= 0.3 is 12.4 Å². The molecule has 0 amide bonds. The van der Waals surface area contributed by atoms with Crippen molar-refractivity contribution < 1.29 is 26.3 Å². The van der Waals surface area contributed by atoms with Gasteiger partial charge in [-0.3, -0.25) is 9.88 Å². The van der Waals surface area contributed by atoms with Gasteiger partial charge < -0.3 is 5.32 Å². The number of rotatable bonds is 5. The number of hydrogen-bond acceptors (Lipinski definition) is 7. The van der Waals surface area contributed by atoms with Crippen molar-refractivity contribution >= 4 is 34.3 Å². The zero-order chi connectivity index (χ0) is 26.9. The van der Waals surface area contributed by atoms with Gasteiger partial charge in [-0.25, -0.2) is 15.0 Å². The van der Waals surface area contributed by atoms with Crippen molar-refractivity contribution in [1.82, 2.24) is 24.8 Å². The van der Waals surface area contributed by atoms with Crippen LogP contribution in [-0.4, -0.2) is 49.4 Å². The lowest BCUT2D eigenvalue weighted by molar-refractivity contribution is -0.138. The highest BCUT2D eigenvalue weighted by molar-refractivity contribution is 7.99. The molecule has 1 aliphatic rings. The number of thioether (sulfide) groups is 1. The number of nitrogens with zero attached hydrogens (tertiary/aromatic N) is 5. The van der Waals surface area contributed by atoms with Gasteiger partial charge in [0.25, 0.3) is 0 Å². The fourth-order valence-corrected chi connectivity index (χ4v) is 5.04. The van der Waals surface area contributed by atoms with Crippen LogP contribution in [0.4, 0.5) is 37.8 Å². The number of pyridine rings is 2. The van der Waals surface area contributed by atoms with E-state index in [0.29, 0.717) is 18.1 Å². The molecule has 1 N–H and O–H groups in total. The molecule has 5 rings (SSSR count). The number of fused-ring (bicyclic) bond motifs is 1. The molecule has 0 saturated carbocycles. The van der Waals surface area contributed by atoms with E-state index in [4.69, 9.17) is 0 Å². The van der Waals surface area contributed by atoms with Gasteiger partial charge in [0.1, 0.15) is 11.3 Å². The number of alkyl halides is 6. The minimum atomic E-state index is -4.61. The van der Waals surface area contributed by atoms with E-state index in [-0.39, 0.29) is 28.1 Å². The van der Waals surface area contributed by atoms with E-state index in [1.54, 1.807) is 0 Å². The Labute approximate surface area is 217 Å². The van der Waals surface area contributed by atoms with Gasteiger partial charge in [-0.2, -0.15) is 38.1 Å². The fourth-order valence-electron chi connectivity index (χ4n) is 4.06. The van der Waals surface area contributed by atoms with Crippen molar-refractivity contribution in [2.75, 3.05) is 29.9 Å². The summed E-state index contributed by atoms with van der Waals surface area (Å²) in [5, 5.41) is 3.00. The van der Waals surface area contributed by atoms with Crippen LogP contribution in [0.25, 0.3) is 22.3 Å². The standard InChI is InChI=1S/C25H20F6N6S/c26-24(27,28)16-3-5-17(6-4-16)34-23-22-19(35-20(36-23)14-37-8-10-38-11-9-37)12-15(13-33-22)21-18(25(29,30)31)2-1-7-32-21/h1-7,12-13H,8-11,14H2,(H,34,35,36). The van der Waals surface area contributed by atoms with Gasteiger partial charge in [-0.15, -0.1) is 0 Å². The molecule has 0 atom stereocenters. The summed E-state index contributed by atoms with van der Waals surface area (Å²) in [5.41, 5.74) is -0.955. The van der Waals surface area contributed by atoms with E-state index in [2.05, 4.69) is 30.2 Å². The second-order valence-electron chi connectivity index (χ2n) is 8.57. The van der Waals surface area contributed by atoms with Crippen molar-refractivity contribution in [3.8, 4) is 11.3 Å². The summed E-state index contributed by atoms with van der Waals surface area (Å²) >= 11 is 1.84. The molecule has 1 aliphatic heterocycles. The third-order valence-corrected chi connectivity index (χ3v) is 6.85. The van der Waals surface area contributed by atoms with Gasteiger partial charge in [0.05, 0.1) is 28.9 Å². The molecule has 6 nitrogen and oxygen atoms in total. The molecule has 3 aromatic heterocycles. The summed E-state index contributed by atoms with van der Waals surface area (Å²) in [6, 6.07) is 8.07. The first kappa shape index (κ1) is 26.2. The molecule has 0 spiro atoms. The van der Waals surface area contributed by atoms with Gasteiger partial charge in [0.2, 0.25) is 0 Å². The summed E-state index contributed by atoms with van der Waals surface area (Å²) in [5.74, 6) is 2.56. The number of anilines is 2. The molecule has 4 aromatic rings. The lowest BCUT2D eigenvalue weighted by Gasteiger charge is -2.25. The van der Waals surface area contributed by atoms with E-state index >= 15 is 0 Å². The summed E-state index contributed by atoms with van der Waals surface area (Å²) in [4.78, 5) is 19.6. The third kappa shape index (κ3) is 5.83. The average molecular weight is 551 g/mol. The minimum absolute atomic E-state index is 0.130. The summed E-state index contributed by atoms with van der Waals surface area (Å²) in [6.45, 7) is 2.06. The molecule has 0 unspecified atom stereocenters. The van der Waals surface area contributed by atoms with Crippen molar-refractivity contribution in [2.24, 2.45) is 0 Å². The lowest BCUT2D eigenvalue weighted by Crippen LogP contribution is -2.32. The van der Waals surface area contributed by atoms with Crippen LogP contribution in [0.1, 0.15) is 17.0 Å². The maximum absolute atomic E-state index is 13.6. The maximum atomic E-state index is 13.6. The number of halogens is 6. The molecule has 0 radical (unpaired) electrons. The van der Waals surface area contributed by atoms with Gasteiger partial charge in [0.15, 0.2) is 5.82 Å². The van der Waals surface area contributed by atoms with Crippen molar-refractivity contribution in [2.45, 2.75) is 18.9 Å². The summed E-state index contributed by atoms with van der Waals surface area (Å²) in [7, 11) is 0. The zero-order valence-corrected chi connectivity index (χ0v) is 20.5. The van der Waals surface area contributed by atoms with E-state index in [9.17, 15) is 26.3 Å². The first-order chi connectivity index (χ1) is 18.1. The number of aromatic nitrogens is 4. The Morgan fingerprint density at radius 1 is 0.895 bits per heavy atom. The molecule has 4 heterocycles. The number of nitrogens with one attached hydrogen (secondary N) is 1. The Kier molecular flexibility index (Phi) is 7.14. The molecule has 13 heteroatoms. The molecule has 1 aromatic carbocycles. The Morgan fingerprint density at radius 3 is 2.32 bits per heavy atom. The molecule has 0 bridgehead atoms. The fraction of sp³-hybridized carbons (Fsp3) is 0.280. The summed E-state index contributed by atoms with van der Waals surface area (Å²) < 4.78 is 79.8. The highest BCUT2D eigenvalue weighted by Gasteiger charge is 2.34. The van der Waals surface area contributed by atoms with E-state index in [1.165, 1.54) is 36.7 Å². The number of hydrogen-bond donors (Lipinski definition) is 1. The van der Waals surface area contributed by atoms with Crippen LogP contribution in [0.3, 0.4) is 0 Å². The van der Waals surface area contributed by atoms with E-state index < -0.39 is 23.5 Å². The quantitative estimate of drug-likeness (QED) is 0.288. The second kappa shape index (κ2) is 10.4. The predicted molar refractivity (Wildman–Crippen MR) is 133 cm³/mol. The normalized spacial score (nSPS) is 15.1. The Hall–Kier alpha value is -3.45. The molecule has 0 aliphatic carbocycles. The SMILES string of the molecule is FC(F)(F)c1ccc(Nc2nc(CN3CCSCC3)nc3cc(-c4ncccc4C(F)(F)F)cnc23)cc1. The Morgan fingerprint density at radius 2 is 1.63 bits per heavy atom. The van der Waals surface area contributed by atoms with Crippen molar-refractivity contribution in [1.29, 1.82) is 0 Å². The van der Waals surface area contributed by atoms with Crippen LogP contribution in [0.15, 0.2) is 54.9 Å². The first-order valence-electron chi connectivity index (χ1n) is 11.5. The molecule has 198 valence electrons. The number of benzene rings is 1. The van der Waals surface area contributed by atoms with Crippen LogP contribution in [0.2, 0.25) is 0 Å². The van der Waals surface area contributed by atoms with Crippen LogP contribution in [0.5, 0.6) is 0 Å². The van der Waals surface area contributed by atoms with Gasteiger partial charge in [-0.05, 0) is 42.5 Å². The largest absolute Gasteiger partial charge is 0.418 e. The molecule has 1 saturated heterocycles. The smallest absolute Gasteiger partial charge is 0.338 e. The zero-order valence-electron chi connectivity index (χ0n) is 19.6. The first-order valence-corrected chi connectivity index (χ1v) is 12.7. The minimum Gasteiger partial charge on any atom is -0.338 e. The van der Waals surface area contributed by atoms with Crippen LogP contribution in [-0.2, 0) is 18.9 Å². The van der Waals surface area contributed by atoms with Crippen molar-refractivity contribution in [3.63, 3.8) is 0 Å². The Bertz CT molecular complexity index is 1440. The van der Waals surface area contributed by atoms with E-state index in [1.807, 2.05) is 11.8 Å². The van der Waals surface area contributed by atoms with Crippen molar-refractivity contribution in [3.05, 3.63) is 71.8 Å². The summed E-state index contributed by atoms with van der Waals surface area (Å²) in [6.07, 6.45) is -6.56. The maximum Gasteiger partial charge on any atom is 0.418 e. The van der Waals surface area contributed by atoms with Crippen LogP contribution < -0.4 is 5.32 Å². The highest BCUT2D eigenvalue weighted by atomic mass is 32.2. The van der Waals surface area contributed by atoms with Gasteiger partial charge in [0, 0.05) is 48.2 Å². The monoisotopic (exact) mass is 550 g/mol. The lowest BCUT2D eigenvalue weighted by atomic mass is 10.1. The van der Waals surface area contributed by atoms with E-state index in [0.717, 1.165) is 42.8 Å². The predicted octanol–water partition coefficient (Wildman–Crippen LogP) is 6.42. The average Bonchev–Trinajstić information content (AvgIpc) is 2.88. The highest BCUT2D eigenvalue weighted by Crippen LogP contribution is 2.37. The van der Waals surface area contributed by atoms with Crippen LogP contribution >= 0.6 is 11.8 Å². The third-order valence-electron chi connectivity index (χ3n) is 5.91. The topological polar surface area (TPSA) is 66.8 Å². The molecular weight excluding hydrogens is 530 g/mol. The van der Waals surface area contributed by atoms with Gasteiger partial charge in [-0.1, -0.05) is 0 Å². The Balaban J connectivity index is 1.57. The second-order valence-corrected chi connectivity index (χ2v) is 9.79. The van der Waals surface area contributed by atoms with Crippen LogP contribution in [0, 0.1) is 0 Å². The molecule has 1 fully saturated rings. The molecular formula is C25H20F6N6S.